The summed E-state index contributed by atoms with van der Waals surface area (Å²) in [6.45, 7) is 4.27. The topological polar surface area (TPSA) is 111 Å². The number of imide groups is 1. The molecule has 2 aliphatic heterocycles. The van der Waals surface area contributed by atoms with E-state index in [4.69, 9.17) is 14.2 Å². The molecule has 202 valence electrons. The number of likely N-dealkylation sites (tertiary alicyclic amines) is 1. The molecule has 10 heteroatoms. The van der Waals surface area contributed by atoms with Gasteiger partial charge in [-0.15, -0.1) is 0 Å². The Morgan fingerprint density at radius 3 is 2.31 bits per heavy atom. The van der Waals surface area contributed by atoms with E-state index < -0.39 is 12.3 Å². The summed E-state index contributed by atoms with van der Waals surface area (Å²) in [5.74, 6) is 1.23. The summed E-state index contributed by atoms with van der Waals surface area (Å²) in [4.78, 5) is 49.1. The molecule has 4 heterocycles. The minimum atomic E-state index is -0.582. The maximum Gasteiger partial charge on any atom is 0.419 e. The lowest BCUT2D eigenvalue weighted by Crippen LogP contribution is -2.48. The molecular weight excluding hydrogens is 500 g/mol. The van der Waals surface area contributed by atoms with E-state index in [1.807, 2.05) is 26.0 Å². The Balaban J connectivity index is 1.20. The zero-order valence-corrected chi connectivity index (χ0v) is 21.9. The van der Waals surface area contributed by atoms with Gasteiger partial charge < -0.3 is 14.2 Å². The Kier molecular flexibility index (Phi) is 7.44. The number of ether oxygens (including phenoxy) is 3. The standard InChI is InChI=1S/C29H30N4O6/c1-29(2)17-25(34)33(26(35)18-29)20-9-14-24(31-19-20)39-28(36)32-16-6-4-8-27(32)38-22-12-10-21(11-13-22)37-23-7-3-5-15-30-23/h3,5,7,9-15,19,27H,4,6,8,16-18H2,1-2H3. The van der Waals surface area contributed by atoms with E-state index in [-0.39, 0.29) is 36.0 Å². The Bertz CT molecular complexity index is 1310. The minimum absolute atomic E-state index is 0.0707. The van der Waals surface area contributed by atoms with Crippen molar-refractivity contribution in [3.8, 4) is 23.3 Å². The zero-order chi connectivity index (χ0) is 27.4. The first-order valence-electron chi connectivity index (χ1n) is 12.9. The van der Waals surface area contributed by atoms with E-state index in [9.17, 15) is 14.4 Å². The van der Waals surface area contributed by atoms with Gasteiger partial charge in [-0.25, -0.2) is 19.7 Å². The van der Waals surface area contributed by atoms with Crippen LogP contribution in [0.3, 0.4) is 0 Å². The zero-order valence-electron chi connectivity index (χ0n) is 21.9. The number of pyridine rings is 2. The van der Waals surface area contributed by atoms with E-state index >= 15 is 0 Å². The maximum absolute atomic E-state index is 13.0. The monoisotopic (exact) mass is 530 g/mol. The summed E-state index contributed by atoms with van der Waals surface area (Å²) in [6, 6.07) is 15.6. The maximum atomic E-state index is 13.0. The molecule has 2 aliphatic rings. The molecule has 5 rings (SSSR count). The average Bonchev–Trinajstić information content (AvgIpc) is 2.90. The molecule has 0 N–H and O–H groups in total. The van der Waals surface area contributed by atoms with Crippen LogP contribution in [-0.4, -0.2) is 45.5 Å². The van der Waals surface area contributed by atoms with Crippen molar-refractivity contribution in [1.82, 2.24) is 14.9 Å². The van der Waals surface area contributed by atoms with Crippen LogP contribution >= 0.6 is 0 Å². The van der Waals surface area contributed by atoms with Crippen molar-refractivity contribution in [3.63, 3.8) is 0 Å². The fourth-order valence-corrected chi connectivity index (χ4v) is 4.68. The van der Waals surface area contributed by atoms with Crippen LogP contribution in [0.4, 0.5) is 10.5 Å². The number of aromatic nitrogens is 2. The number of nitrogens with zero attached hydrogens (tertiary/aromatic N) is 4. The van der Waals surface area contributed by atoms with Gasteiger partial charge in [-0.3, -0.25) is 14.5 Å². The summed E-state index contributed by atoms with van der Waals surface area (Å²) in [7, 11) is 0. The lowest BCUT2D eigenvalue weighted by Gasteiger charge is -2.35. The van der Waals surface area contributed by atoms with Crippen LogP contribution in [-0.2, 0) is 9.59 Å². The molecule has 0 radical (unpaired) electrons. The van der Waals surface area contributed by atoms with E-state index in [1.54, 1.807) is 42.6 Å². The molecule has 0 spiro atoms. The molecule has 2 saturated heterocycles. The summed E-state index contributed by atoms with van der Waals surface area (Å²) < 4.78 is 17.4. The van der Waals surface area contributed by atoms with Crippen molar-refractivity contribution in [1.29, 1.82) is 0 Å². The van der Waals surface area contributed by atoms with Gasteiger partial charge in [0.25, 0.3) is 0 Å². The second-order valence-electron chi connectivity index (χ2n) is 10.4. The van der Waals surface area contributed by atoms with Gasteiger partial charge in [-0.2, -0.15) is 0 Å². The van der Waals surface area contributed by atoms with Crippen molar-refractivity contribution in [2.24, 2.45) is 5.41 Å². The fraction of sp³-hybridized carbons (Fsp3) is 0.345. The first-order chi connectivity index (χ1) is 18.8. The molecule has 0 saturated carbocycles. The third kappa shape index (κ3) is 6.34. The van der Waals surface area contributed by atoms with Gasteiger partial charge in [0.15, 0.2) is 6.23 Å². The second kappa shape index (κ2) is 11.1. The van der Waals surface area contributed by atoms with Crippen LogP contribution < -0.4 is 19.1 Å². The minimum Gasteiger partial charge on any atom is -0.470 e. The van der Waals surface area contributed by atoms with Crippen molar-refractivity contribution < 1.29 is 28.6 Å². The van der Waals surface area contributed by atoms with E-state index in [2.05, 4.69) is 9.97 Å². The van der Waals surface area contributed by atoms with Crippen LogP contribution in [0.1, 0.15) is 46.0 Å². The number of amides is 3. The highest BCUT2D eigenvalue weighted by atomic mass is 16.6. The molecule has 3 amide bonds. The molecule has 2 aromatic heterocycles. The molecule has 3 aromatic rings. The summed E-state index contributed by atoms with van der Waals surface area (Å²) in [5.41, 5.74) is -0.00856. The molecular formula is C29H30N4O6. The van der Waals surface area contributed by atoms with Gasteiger partial charge in [-0.05, 0) is 54.7 Å². The van der Waals surface area contributed by atoms with Gasteiger partial charge in [0, 0.05) is 44.1 Å². The largest absolute Gasteiger partial charge is 0.470 e. The number of carbonyl (C=O) groups is 3. The molecule has 10 nitrogen and oxygen atoms in total. The lowest BCUT2D eigenvalue weighted by atomic mass is 9.81. The van der Waals surface area contributed by atoms with Gasteiger partial charge in [0.05, 0.1) is 11.9 Å². The second-order valence-corrected chi connectivity index (χ2v) is 10.4. The molecule has 1 aromatic carbocycles. The number of anilines is 1. The van der Waals surface area contributed by atoms with Crippen molar-refractivity contribution >= 4 is 23.6 Å². The average molecular weight is 531 g/mol. The van der Waals surface area contributed by atoms with Crippen LogP contribution in [0.15, 0.2) is 67.0 Å². The number of hydrogen-bond acceptors (Lipinski definition) is 8. The first kappa shape index (κ1) is 26.1. The number of piperidine rings is 2. The Morgan fingerprint density at radius 1 is 0.897 bits per heavy atom. The van der Waals surface area contributed by atoms with Crippen molar-refractivity contribution in [2.45, 2.75) is 52.2 Å². The molecule has 39 heavy (non-hydrogen) atoms. The van der Waals surface area contributed by atoms with E-state index in [0.29, 0.717) is 36.0 Å². The van der Waals surface area contributed by atoms with Crippen LogP contribution in [0.5, 0.6) is 23.3 Å². The molecule has 0 bridgehead atoms. The predicted molar refractivity (Wildman–Crippen MR) is 141 cm³/mol. The smallest absolute Gasteiger partial charge is 0.419 e. The van der Waals surface area contributed by atoms with E-state index in [0.717, 1.165) is 17.7 Å². The number of rotatable bonds is 6. The highest BCUT2D eigenvalue weighted by molar-refractivity contribution is 6.16. The van der Waals surface area contributed by atoms with Crippen LogP contribution in [0, 0.1) is 5.41 Å². The molecule has 1 unspecified atom stereocenters. The first-order valence-corrected chi connectivity index (χ1v) is 12.9. The molecule has 2 fully saturated rings. The Morgan fingerprint density at radius 2 is 1.64 bits per heavy atom. The summed E-state index contributed by atoms with van der Waals surface area (Å²) in [5, 5.41) is 0. The van der Waals surface area contributed by atoms with E-state index in [1.165, 1.54) is 17.2 Å². The van der Waals surface area contributed by atoms with Gasteiger partial charge in [0.2, 0.25) is 23.6 Å². The lowest BCUT2D eigenvalue weighted by molar-refractivity contribution is -0.132. The normalized spacial score (nSPS) is 19.0. The Labute approximate surface area is 226 Å². The third-order valence-electron chi connectivity index (χ3n) is 6.57. The third-order valence-corrected chi connectivity index (χ3v) is 6.57. The van der Waals surface area contributed by atoms with Gasteiger partial charge >= 0.3 is 6.09 Å². The highest BCUT2D eigenvalue weighted by Gasteiger charge is 2.38. The van der Waals surface area contributed by atoms with Crippen LogP contribution in [0.2, 0.25) is 0 Å². The summed E-state index contributed by atoms with van der Waals surface area (Å²) >= 11 is 0. The van der Waals surface area contributed by atoms with Gasteiger partial charge in [-0.1, -0.05) is 19.9 Å². The van der Waals surface area contributed by atoms with Crippen molar-refractivity contribution in [3.05, 3.63) is 67.0 Å². The SMILES string of the molecule is CC1(C)CC(=O)N(c2ccc(OC(=O)N3CCCCC3Oc3ccc(Oc4ccccn4)cc3)nc2)C(=O)C1. The number of benzene rings is 1. The molecule has 1 atom stereocenters. The fourth-order valence-electron chi connectivity index (χ4n) is 4.68. The van der Waals surface area contributed by atoms with Crippen LogP contribution in [0.25, 0.3) is 0 Å². The molecule has 0 aliphatic carbocycles. The quantitative estimate of drug-likeness (QED) is 0.393. The summed E-state index contributed by atoms with van der Waals surface area (Å²) in [6.07, 6.45) is 4.88. The number of hydrogen-bond donors (Lipinski definition) is 0. The Hall–Kier alpha value is -4.47. The van der Waals surface area contributed by atoms with Crippen molar-refractivity contribution in [2.75, 3.05) is 11.4 Å². The number of carbonyl (C=O) groups excluding carboxylic acids is 3. The van der Waals surface area contributed by atoms with Gasteiger partial charge in [0.1, 0.15) is 11.5 Å². The highest BCUT2D eigenvalue weighted by Crippen LogP contribution is 2.34. The predicted octanol–water partition coefficient (Wildman–Crippen LogP) is 5.34.